The lowest BCUT2D eigenvalue weighted by Gasteiger charge is -2.53. The highest BCUT2D eigenvalue weighted by Crippen LogP contribution is 2.64. The minimum atomic E-state index is -0.319. The molecule has 0 aromatic rings. The molecule has 0 spiro atoms. The number of hydrogen-bond donors (Lipinski definition) is 1. The van der Waals surface area contributed by atoms with E-state index in [0.717, 1.165) is 38.5 Å². The van der Waals surface area contributed by atoms with Crippen molar-refractivity contribution in [2.24, 2.45) is 28.6 Å². The van der Waals surface area contributed by atoms with Crippen molar-refractivity contribution in [3.8, 4) is 0 Å². The standard InChI is InChI=1S/C21H28O3/c1-20-9-7-14(23)11-13(20)3-4-15-16-5-6-18(19(24)12-22)21(16,2)10-8-17(15)20/h8,11,15-16,18,22H,3-7,9-10,12H2,1-2H3/t15?,16?,18-,20+,21+/m1/s1. The third kappa shape index (κ3) is 2.06. The number of carbonyl (C=O) groups is 2. The van der Waals surface area contributed by atoms with E-state index in [9.17, 15) is 14.7 Å². The molecular formula is C21H28O3. The van der Waals surface area contributed by atoms with Gasteiger partial charge in [-0.2, -0.15) is 0 Å². The molecule has 2 saturated carbocycles. The summed E-state index contributed by atoms with van der Waals surface area (Å²) in [5.74, 6) is 1.44. The Bertz CT molecular complexity index is 658. The molecule has 0 saturated heterocycles. The molecule has 2 unspecified atom stereocenters. The van der Waals surface area contributed by atoms with Crippen molar-refractivity contribution in [2.75, 3.05) is 6.61 Å². The predicted octanol–water partition coefficient (Wildman–Crippen LogP) is 3.62. The first-order chi connectivity index (χ1) is 11.4. The van der Waals surface area contributed by atoms with Crippen LogP contribution < -0.4 is 0 Å². The second-order valence-electron chi connectivity index (χ2n) is 8.84. The van der Waals surface area contributed by atoms with Gasteiger partial charge in [-0.05, 0) is 61.9 Å². The zero-order valence-electron chi connectivity index (χ0n) is 14.8. The molecule has 0 radical (unpaired) electrons. The zero-order valence-corrected chi connectivity index (χ0v) is 14.8. The van der Waals surface area contributed by atoms with Crippen LogP contribution in [0.4, 0.5) is 0 Å². The predicted molar refractivity (Wildman–Crippen MR) is 92.3 cm³/mol. The summed E-state index contributed by atoms with van der Waals surface area (Å²) in [6.07, 6.45) is 11.0. The molecule has 4 aliphatic rings. The molecule has 0 heterocycles. The van der Waals surface area contributed by atoms with E-state index in [2.05, 4.69) is 19.9 Å². The number of hydrogen-bond acceptors (Lipinski definition) is 3. The van der Waals surface area contributed by atoms with Gasteiger partial charge in [0.15, 0.2) is 11.6 Å². The van der Waals surface area contributed by atoms with Crippen molar-refractivity contribution in [1.82, 2.24) is 0 Å². The van der Waals surface area contributed by atoms with Gasteiger partial charge in [-0.25, -0.2) is 0 Å². The normalized spacial score (nSPS) is 44.1. The molecule has 3 nitrogen and oxygen atoms in total. The van der Waals surface area contributed by atoms with Crippen LogP contribution in [0.3, 0.4) is 0 Å². The van der Waals surface area contributed by atoms with E-state index in [0.29, 0.717) is 18.3 Å². The van der Waals surface area contributed by atoms with E-state index in [4.69, 9.17) is 0 Å². The highest BCUT2D eigenvalue weighted by Gasteiger charge is 2.57. The Hall–Kier alpha value is -1.22. The number of allylic oxidation sites excluding steroid dienone is 4. The van der Waals surface area contributed by atoms with Gasteiger partial charge in [0.2, 0.25) is 0 Å². The van der Waals surface area contributed by atoms with Crippen LogP contribution in [-0.2, 0) is 9.59 Å². The van der Waals surface area contributed by atoms with Gasteiger partial charge >= 0.3 is 0 Å². The van der Waals surface area contributed by atoms with E-state index in [1.165, 1.54) is 5.57 Å². The molecule has 0 amide bonds. The van der Waals surface area contributed by atoms with Crippen LogP contribution in [0.25, 0.3) is 0 Å². The van der Waals surface area contributed by atoms with Gasteiger partial charge in [-0.3, -0.25) is 9.59 Å². The Labute approximate surface area is 144 Å². The summed E-state index contributed by atoms with van der Waals surface area (Å²) >= 11 is 0. The zero-order chi connectivity index (χ0) is 17.1. The van der Waals surface area contributed by atoms with Crippen LogP contribution >= 0.6 is 0 Å². The first-order valence-electron chi connectivity index (χ1n) is 9.48. The fourth-order valence-electron chi connectivity index (χ4n) is 6.49. The summed E-state index contributed by atoms with van der Waals surface area (Å²) in [7, 11) is 0. The number of ketones is 2. The first kappa shape index (κ1) is 16.3. The summed E-state index contributed by atoms with van der Waals surface area (Å²) in [6.45, 7) is 4.28. The second kappa shape index (κ2) is 5.39. The number of rotatable bonds is 2. The molecular weight excluding hydrogens is 300 g/mol. The number of aliphatic hydroxyl groups excluding tert-OH is 1. The quantitative estimate of drug-likeness (QED) is 0.788. The maximum absolute atomic E-state index is 12.2. The van der Waals surface area contributed by atoms with Crippen LogP contribution in [0, 0.1) is 28.6 Å². The van der Waals surface area contributed by atoms with Gasteiger partial charge < -0.3 is 5.11 Å². The number of aliphatic hydroxyl groups is 1. The van der Waals surface area contributed by atoms with Gasteiger partial charge in [0.25, 0.3) is 0 Å². The molecule has 130 valence electrons. The van der Waals surface area contributed by atoms with E-state index < -0.39 is 0 Å². The Morgan fingerprint density at radius 2 is 2.04 bits per heavy atom. The highest BCUT2D eigenvalue weighted by atomic mass is 16.3. The van der Waals surface area contributed by atoms with E-state index in [-0.39, 0.29) is 34.9 Å². The van der Waals surface area contributed by atoms with Crippen LogP contribution in [0.2, 0.25) is 0 Å². The van der Waals surface area contributed by atoms with Crippen molar-refractivity contribution < 1.29 is 14.7 Å². The Morgan fingerprint density at radius 1 is 1.25 bits per heavy atom. The van der Waals surface area contributed by atoms with Gasteiger partial charge in [-0.1, -0.05) is 31.1 Å². The Kier molecular flexibility index (Phi) is 3.65. The average molecular weight is 328 g/mol. The van der Waals surface area contributed by atoms with Crippen LogP contribution in [-0.4, -0.2) is 23.3 Å². The van der Waals surface area contributed by atoms with Crippen LogP contribution in [0.15, 0.2) is 23.3 Å². The van der Waals surface area contributed by atoms with E-state index in [1.54, 1.807) is 5.57 Å². The van der Waals surface area contributed by atoms with Crippen molar-refractivity contribution >= 4 is 11.6 Å². The summed E-state index contributed by atoms with van der Waals surface area (Å²) in [6, 6.07) is 0. The Morgan fingerprint density at radius 3 is 2.79 bits per heavy atom. The highest BCUT2D eigenvalue weighted by molar-refractivity contribution is 5.92. The summed E-state index contributed by atoms with van der Waals surface area (Å²) in [5.41, 5.74) is 2.96. The monoisotopic (exact) mass is 328 g/mol. The molecule has 5 atom stereocenters. The van der Waals surface area contributed by atoms with Gasteiger partial charge in [0.05, 0.1) is 0 Å². The lowest BCUT2D eigenvalue weighted by atomic mass is 9.51. The van der Waals surface area contributed by atoms with Gasteiger partial charge in [0.1, 0.15) is 6.61 Å². The van der Waals surface area contributed by atoms with Gasteiger partial charge in [0, 0.05) is 17.8 Å². The van der Waals surface area contributed by atoms with Crippen molar-refractivity contribution in [1.29, 1.82) is 0 Å². The molecule has 3 heteroatoms. The second-order valence-corrected chi connectivity index (χ2v) is 8.84. The summed E-state index contributed by atoms with van der Waals surface area (Å²) in [4.78, 5) is 24.1. The number of Topliss-reactive ketones (excluding diaryl/α,β-unsaturated/α-hetero) is 1. The van der Waals surface area contributed by atoms with Crippen LogP contribution in [0.1, 0.15) is 58.8 Å². The topological polar surface area (TPSA) is 54.4 Å². The lowest BCUT2D eigenvalue weighted by molar-refractivity contribution is -0.129. The molecule has 0 aromatic carbocycles. The maximum Gasteiger partial charge on any atom is 0.161 e. The van der Waals surface area contributed by atoms with Gasteiger partial charge in [-0.15, -0.1) is 0 Å². The van der Waals surface area contributed by atoms with E-state index in [1.807, 2.05) is 6.08 Å². The van der Waals surface area contributed by atoms with E-state index >= 15 is 0 Å². The first-order valence-corrected chi connectivity index (χ1v) is 9.48. The smallest absolute Gasteiger partial charge is 0.161 e. The van der Waals surface area contributed by atoms with Crippen molar-refractivity contribution in [3.63, 3.8) is 0 Å². The molecule has 4 rings (SSSR count). The van der Waals surface area contributed by atoms with Crippen molar-refractivity contribution in [2.45, 2.75) is 58.8 Å². The fourth-order valence-corrected chi connectivity index (χ4v) is 6.49. The minimum Gasteiger partial charge on any atom is -0.389 e. The SMILES string of the molecule is C[C@]12CCC(=O)C=C1CCC1C2=CC[C@@]2(C)C1CC[C@@H]2C(=O)CO. The molecule has 0 aliphatic heterocycles. The third-order valence-electron chi connectivity index (χ3n) is 7.88. The molecule has 0 bridgehead atoms. The summed E-state index contributed by atoms with van der Waals surface area (Å²) < 4.78 is 0. The molecule has 4 aliphatic carbocycles. The number of fused-ring (bicyclic) bond motifs is 5. The summed E-state index contributed by atoms with van der Waals surface area (Å²) in [5, 5.41) is 9.35. The molecule has 2 fully saturated rings. The van der Waals surface area contributed by atoms with Crippen LogP contribution in [0.5, 0.6) is 0 Å². The maximum atomic E-state index is 12.2. The largest absolute Gasteiger partial charge is 0.389 e. The third-order valence-corrected chi connectivity index (χ3v) is 7.88. The number of carbonyl (C=O) groups excluding carboxylic acids is 2. The molecule has 0 aromatic heterocycles. The molecule has 1 N–H and O–H groups in total. The fraction of sp³-hybridized carbons (Fsp3) is 0.714. The van der Waals surface area contributed by atoms with Crippen molar-refractivity contribution in [3.05, 3.63) is 23.3 Å². The molecule has 24 heavy (non-hydrogen) atoms. The average Bonchev–Trinajstić information content (AvgIpc) is 2.92. The Balaban J connectivity index is 1.72. The minimum absolute atomic E-state index is 0.00996. The lowest BCUT2D eigenvalue weighted by Crippen LogP contribution is -2.45.